The van der Waals surface area contributed by atoms with E-state index in [2.05, 4.69) is 24.9 Å². The molecule has 2 nitrogen and oxygen atoms in total. The Bertz CT molecular complexity index is 334. The van der Waals surface area contributed by atoms with Gasteiger partial charge < -0.3 is 5.11 Å². The smallest absolute Gasteiger partial charge is 0.0962 e. The lowest BCUT2D eigenvalue weighted by Crippen LogP contribution is -2.04. The largest absolute Gasteiger partial charge is 0.387 e. The van der Waals surface area contributed by atoms with Gasteiger partial charge in [-0.2, -0.15) is 0 Å². The predicted octanol–water partition coefficient (Wildman–Crippen LogP) is 3.56. The maximum Gasteiger partial charge on any atom is 0.0962 e. The van der Waals surface area contributed by atoms with Crippen LogP contribution in [0.3, 0.4) is 0 Å². The Morgan fingerprint density at radius 1 is 1.25 bits per heavy atom. The average Bonchev–Trinajstić information content (AvgIpc) is 2.16. The number of hydrogen-bond acceptors (Lipinski definition) is 2. The summed E-state index contributed by atoms with van der Waals surface area (Å²) in [6, 6.07) is 2.08. The highest BCUT2D eigenvalue weighted by molar-refractivity contribution is 5.24. The van der Waals surface area contributed by atoms with Gasteiger partial charge in [0.1, 0.15) is 0 Å². The second-order valence-electron chi connectivity index (χ2n) is 5.06. The maximum atomic E-state index is 10.0. The molecule has 0 aromatic carbocycles. The van der Waals surface area contributed by atoms with Crippen LogP contribution in [0.1, 0.15) is 56.0 Å². The van der Waals surface area contributed by atoms with Crippen LogP contribution in [0.5, 0.6) is 0 Å². The molecule has 0 saturated heterocycles. The van der Waals surface area contributed by atoms with E-state index in [-0.39, 0.29) is 0 Å². The van der Waals surface area contributed by atoms with Crippen molar-refractivity contribution in [2.45, 2.75) is 53.1 Å². The minimum absolute atomic E-state index is 0.403. The molecule has 16 heavy (non-hydrogen) atoms. The third-order valence-corrected chi connectivity index (χ3v) is 2.83. The van der Waals surface area contributed by atoms with Crippen molar-refractivity contribution in [1.82, 2.24) is 4.98 Å². The summed E-state index contributed by atoms with van der Waals surface area (Å²) in [5, 5.41) is 10.0. The van der Waals surface area contributed by atoms with Crippen LogP contribution in [-0.2, 0) is 0 Å². The Morgan fingerprint density at radius 3 is 2.50 bits per heavy atom. The first-order valence-electron chi connectivity index (χ1n) is 6.12. The zero-order valence-corrected chi connectivity index (χ0v) is 10.8. The van der Waals surface area contributed by atoms with Crippen LogP contribution in [-0.4, -0.2) is 10.1 Å². The van der Waals surface area contributed by atoms with E-state index in [4.69, 9.17) is 0 Å². The molecule has 1 aromatic heterocycles. The van der Waals surface area contributed by atoms with Gasteiger partial charge in [-0.15, -0.1) is 0 Å². The van der Waals surface area contributed by atoms with E-state index in [1.54, 1.807) is 0 Å². The molecule has 1 heterocycles. The molecule has 0 radical (unpaired) electrons. The van der Waals surface area contributed by atoms with Crippen molar-refractivity contribution in [3.63, 3.8) is 0 Å². The van der Waals surface area contributed by atoms with Gasteiger partial charge in [0.15, 0.2) is 0 Å². The van der Waals surface area contributed by atoms with Gasteiger partial charge in [0.05, 0.1) is 11.8 Å². The van der Waals surface area contributed by atoms with E-state index in [9.17, 15) is 5.11 Å². The van der Waals surface area contributed by atoms with Gasteiger partial charge in [0, 0.05) is 6.20 Å². The first-order valence-corrected chi connectivity index (χ1v) is 6.12. The number of aliphatic hydroxyl groups excluding tert-OH is 1. The zero-order valence-electron chi connectivity index (χ0n) is 10.8. The minimum atomic E-state index is -0.403. The molecule has 1 rings (SSSR count). The number of hydrogen-bond donors (Lipinski definition) is 1. The highest BCUT2D eigenvalue weighted by Crippen LogP contribution is 2.22. The summed E-state index contributed by atoms with van der Waals surface area (Å²) in [5.74, 6) is 0.708. The Kier molecular flexibility index (Phi) is 4.94. The lowest BCUT2D eigenvalue weighted by atomic mass is 10.0. The Morgan fingerprint density at radius 2 is 1.94 bits per heavy atom. The fourth-order valence-corrected chi connectivity index (χ4v) is 1.93. The van der Waals surface area contributed by atoms with E-state index < -0.39 is 6.10 Å². The van der Waals surface area contributed by atoms with Crippen molar-refractivity contribution >= 4 is 0 Å². The fourth-order valence-electron chi connectivity index (χ4n) is 1.93. The third kappa shape index (κ3) is 3.93. The van der Waals surface area contributed by atoms with Gasteiger partial charge >= 0.3 is 0 Å². The molecular formula is C14H23NO. The van der Waals surface area contributed by atoms with E-state index in [0.717, 1.165) is 29.7 Å². The average molecular weight is 221 g/mol. The summed E-state index contributed by atoms with van der Waals surface area (Å²) in [6.07, 6.45) is 4.47. The molecule has 0 aliphatic heterocycles. The molecule has 90 valence electrons. The lowest BCUT2D eigenvalue weighted by molar-refractivity contribution is 0.156. The molecule has 1 aromatic rings. The molecule has 0 bridgehead atoms. The molecule has 1 N–H and O–H groups in total. The molecule has 0 aliphatic carbocycles. The van der Waals surface area contributed by atoms with Gasteiger partial charge in [0.2, 0.25) is 0 Å². The summed E-state index contributed by atoms with van der Waals surface area (Å²) in [7, 11) is 0. The van der Waals surface area contributed by atoms with E-state index in [1.807, 2.05) is 20.0 Å². The summed E-state index contributed by atoms with van der Waals surface area (Å²) < 4.78 is 0. The number of aromatic nitrogens is 1. The van der Waals surface area contributed by atoms with Gasteiger partial charge in [-0.3, -0.25) is 4.98 Å². The topological polar surface area (TPSA) is 33.1 Å². The second kappa shape index (κ2) is 6.00. The molecule has 0 spiro atoms. The molecule has 0 saturated carbocycles. The Labute approximate surface area is 98.7 Å². The van der Waals surface area contributed by atoms with Crippen LogP contribution in [0.2, 0.25) is 0 Å². The van der Waals surface area contributed by atoms with Crippen molar-refractivity contribution in [3.8, 4) is 0 Å². The van der Waals surface area contributed by atoms with Gasteiger partial charge in [-0.05, 0) is 37.3 Å². The zero-order chi connectivity index (χ0) is 12.1. The molecule has 1 unspecified atom stereocenters. The fraction of sp³-hybridized carbons (Fsp3) is 0.643. The van der Waals surface area contributed by atoms with E-state index in [0.29, 0.717) is 5.92 Å². The standard InChI is InChI=1S/C14H23NO/c1-10(2)6-5-7-13(16)14-12(4)8-11(3)9-15-14/h8-10,13,16H,5-7H2,1-4H3. The van der Waals surface area contributed by atoms with Crippen LogP contribution < -0.4 is 0 Å². The van der Waals surface area contributed by atoms with Crippen LogP contribution in [0.4, 0.5) is 0 Å². The molecule has 0 aliphatic rings. The SMILES string of the molecule is Cc1cnc(C(O)CCCC(C)C)c(C)c1. The molecule has 1 atom stereocenters. The van der Waals surface area contributed by atoms with E-state index >= 15 is 0 Å². The van der Waals surface area contributed by atoms with Gasteiger partial charge in [-0.25, -0.2) is 0 Å². The highest BCUT2D eigenvalue weighted by Gasteiger charge is 2.11. The molecule has 2 heteroatoms. The van der Waals surface area contributed by atoms with Crippen LogP contribution in [0.25, 0.3) is 0 Å². The summed E-state index contributed by atoms with van der Waals surface area (Å²) >= 11 is 0. The van der Waals surface area contributed by atoms with Crippen LogP contribution in [0.15, 0.2) is 12.3 Å². The van der Waals surface area contributed by atoms with Crippen molar-refractivity contribution < 1.29 is 5.11 Å². The molecule has 0 amide bonds. The first-order chi connectivity index (χ1) is 7.50. The third-order valence-electron chi connectivity index (χ3n) is 2.83. The number of aryl methyl sites for hydroxylation is 2. The van der Waals surface area contributed by atoms with Gasteiger partial charge in [0.25, 0.3) is 0 Å². The monoisotopic (exact) mass is 221 g/mol. The summed E-state index contributed by atoms with van der Waals surface area (Å²) in [4.78, 5) is 4.33. The normalized spacial score (nSPS) is 13.1. The minimum Gasteiger partial charge on any atom is -0.387 e. The number of aliphatic hydroxyl groups is 1. The maximum absolute atomic E-state index is 10.0. The second-order valence-corrected chi connectivity index (χ2v) is 5.06. The first kappa shape index (κ1) is 13.2. The molecular weight excluding hydrogens is 198 g/mol. The van der Waals surface area contributed by atoms with E-state index in [1.165, 1.54) is 6.42 Å². The number of rotatable bonds is 5. The Hall–Kier alpha value is -0.890. The number of nitrogens with zero attached hydrogens (tertiary/aromatic N) is 1. The van der Waals surface area contributed by atoms with Crippen molar-refractivity contribution in [1.29, 1.82) is 0 Å². The van der Waals surface area contributed by atoms with Crippen molar-refractivity contribution in [3.05, 3.63) is 29.1 Å². The van der Waals surface area contributed by atoms with Crippen molar-refractivity contribution in [2.24, 2.45) is 5.92 Å². The van der Waals surface area contributed by atoms with Gasteiger partial charge in [-0.1, -0.05) is 32.8 Å². The molecule has 0 fully saturated rings. The number of pyridine rings is 1. The quantitative estimate of drug-likeness (QED) is 0.824. The summed E-state index contributed by atoms with van der Waals surface area (Å²) in [6.45, 7) is 8.46. The van der Waals surface area contributed by atoms with Crippen LogP contribution >= 0.6 is 0 Å². The predicted molar refractivity (Wildman–Crippen MR) is 67.4 cm³/mol. The van der Waals surface area contributed by atoms with Crippen molar-refractivity contribution in [2.75, 3.05) is 0 Å². The lowest BCUT2D eigenvalue weighted by Gasteiger charge is -2.13. The van der Waals surface area contributed by atoms with Crippen LogP contribution in [0, 0.1) is 19.8 Å². The Balaban J connectivity index is 2.55. The highest BCUT2D eigenvalue weighted by atomic mass is 16.3. The summed E-state index contributed by atoms with van der Waals surface area (Å²) in [5.41, 5.74) is 3.09.